The first-order valence-corrected chi connectivity index (χ1v) is 7.07. The number of likely N-dealkylation sites (N-methyl/N-ethyl adjacent to an activating group) is 1. The van der Waals surface area contributed by atoms with Crippen molar-refractivity contribution in [1.29, 1.82) is 0 Å². The summed E-state index contributed by atoms with van der Waals surface area (Å²) in [7, 11) is 2.01. The van der Waals surface area contributed by atoms with Crippen LogP contribution < -0.4 is 5.73 Å². The minimum atomic E-state index is 0.532. The summed E-state index contributed by atoms with van der Waals surface area (Å²) in [6.07, 6.45) is 8.69. The van der Waals surface area contributed by atoms with Gasteiger partial charge in [0.25, 0.3) is 0 Å². The van der Waals surface area contributed by atoms with E-state index in [-0.39, 0.29) is 0 Å². The second-order valence-corrected chi connectivity index (χ2v) is 5.74. The van der Waals surface area contributed by atoms with Crippen molar-refractivity contribution in [2.45, 2.75) is 44.7 Å². The molecule has 0 amide bonds. The van der Waals surface area contributed by atoms with Gasteiger partial charge < -0.3 is 5.73 Å². The summed E-state index contributed by atoms with van der Waals surface area (Å²) in [4.78, 5) is 2.62. The molecule has 0 aliphatic heterocycles. The number of hydrogen-bond acceptors (Lipinski definition) is 3. The van der Waals surface area contributed by atoms with Gasteiger partial charge in [-0.05, 0) is 26.0 Å². The summed E-state index contributed by atoms with van der Waals surface area (Å²) in [5.74, 6) is 0. The number of hydrogen-bond donors (Lipinski definition) is 1. The van der Waals surface area contributed by atoms with Crippen molar-refractivity contribution in [1.82, 2.24) is 14.7 Å². The average molecular weight is 266 g/mol. The number of nitrogens with zero attached hydrogens (tertiary/aromatic N) is 3. The minimum absolute atomic E-state index is 0.532. The van der Waals surface area contributed by atoms with Crippen LogP contribution in [0.3, 0.4) is 0 Å². The van der Waals surface area contributed by atoms with Crippen LogP contribution in [-0.2, 0) is 6.54 Å². The van der Waals surface area contributed by atoms with Crippen molar-refractivity contribution >= 4 is 17.2 Å². The third kappa shape index (κ3) is 3.78. The summed E-state index contributed by atoms with van der Waals surface area (Å²) in [5, 5.41) is 4.67. The average Bonchev–Trinajstić information content (AvgIpc) is 2.77. The van der Waals surface area contributed by atoms with Crippen LogP contribution in [-0.4, -0.2) is 33.3 Å². The Kier molecular flexibility index (Phi) is 4.72. The summed E-state index contributed by atoms with van der Waals surface area (Å²) >= 11 is 4.91. The predicted molar refractivity (Wildman–Crippen MR) is 77.5 cm³/mol. The fraction of sp³-hybridized carbons (Fsp3) is 0.692. The zero-order chi connectivity index (χ0) is 13.0. The second-order valence-electron chi connectivity index (χ2n) is 5.22. The molecular formula is C13H22N4S. The summed E-state index contributed by atoms with van der Waals surface area (Å²) in [6.45, 7) is 1.45. The molecule has 0 spiro atoms. The Morgan fingerprint density at radius 1 is 1.50 bits per heavy atom. The van der Waals surface area contributed by atoms with Crippen molar-refractivity contribution in [3.63, 3.8) is 0 Å². The Hall–Kier alpha value is -0.940. The molecule has 1 aliphatic rings. The van der Waals surface area contributed by atoms with Crippen molar-refractivity contribution in [2.75, 3.05) is 13.6 Å². The lowest BCUT2D eigenvalue weighted by Gasteiger charge is -2.22. The summed E-state index contributed by atoms with van der Waals surface area (Å²) < 4.78 is 2.14. The third-order valence-electron chi connectivity index (χ3n) is 3.47. The molecule has 0 saturated heterocycles. The first kappa shape index (κ1) is 13.5. The van der Waals surface area contributed by atoms with Crippen LogP contribution >= 0.6 is 12.2 Å². The van der Waals surface area contributed by atoms with E-state index in [9.17, 15) is 0 Å². The van der Waals surface area contributed by atoms with Crippen LogP contribution in [0.2, 0.25) is 0 Å². The highest BCUT2D eigenvalue weighted by atomic mass is 32.1. The van der Waals surface area contributed by atoms with Crippen LogP contribution in [0.5, 0.6) is 0 Å². The zero-order valence-corrected chi connectivity index (χ0v) is 11.8. The number of nitrogens with two attached hydrogens (primary N) is 1. The van der Waals surface area contributed by atoms with E-state index in [0.29, 0.717) is 17.6 Å². The van der Waals surface area contributed by atoms with Gasteiger partial charge in [-0.3, -0.25) is 9.58 Å². The molecule has 0 unspecified atom stereocenters. The van der Waals surface area contributed by atoms with E-state index >= 15 is 0 Å². The number of thiocarbonyl (C=S) groups is 1. The van der Waals surface area contributed by atoms with E-state index in [4.69, 9.17) is 18.0 Å². The van der Waals surface area contributed by atoms with E-state index < -0.39 is 0 Å². The van der Waals surface area contributed by atoms with Crippen LogP contribution in [0.1, 0.15) is 43.8 Å². The van der Waals surface area contributed by atoms with Crippen molar-refractivity contribution in [2.24, 2.45) is 5.73 Å². The maximum absolute atomic E-state index is 5.53. The monoisotopic (exact) mass is 266 g/mol. The minimum Gasteiger partial charge on any atom is -0.392 e. The van der Waals surface area contributed by atoms with Gasteiger partial charge in [-0.1, -0.05) is 31.5 Å². The molecule has 0 bridgehead atoms. The molecule has 1 aliphatic carbocycles. The Balaban J connectivity index is 1.91. The van der Waals surface area contributed by atoms with E-state index in [0.717, 1.165) is 12.2 Å². The normalized spacial score (nSPS) is 17.2. The highest BCUT2D eigenvalue weighted by Gasteiger charge is 2.16. The maximum atomic E-state index is 5.53. The standard InChI is InChI=1S/C13H22N4S/c1-16(10-13(14)18)9-11-7-8-17(15-11)12-5-3-2-4-6-12/h7-8,12H,2-6,9-10H2,1H3,(H2,14,18). The van der Waals surface area contributed by atoms with Gasteiger partial charge in [-0.25, -0.2) is 0 Å². The molecular weight excluding hydrogens is 244 g/mol. The Labute approximate surface area is 114 Å². The maximum Gasteiger partial charge on any atom is 0.0870 e. The topological polar surface area (TPSA) is 47.1 Å². The highest BCUT2D eigenvalue weighted by Crippen LogP contribution is 2.27. The molecule has 0 aromatic carbocycles. The lowest BCUT2D eigenvalue weighted by atomic mass is 9.96. The van der Waals surface area contributed by atoms with Gasteiger partial charge in [0.15, 0.2) is 0 Å². The highest BCUT2D eigenvalue weighted by molar-refractivity contribution is 7.80. The van der Waals surface area contributed by atoms with Crippen molar-refractivity contribution in [3.8, 4) is 0 Å². The Morgan fingerprint density at radius 3 is 2.89 bits per heavy atom. The zero-order valence-electron chi connectivity index (χ0n) is 11.0. The van der Waals surface area contributed by atoms with Crippen LogP contribution in [0.25, 0.3) is 0 Å². The molecule has 5 heteroatoms. The Bertz CT molecular complexity index is 395. The van der Waals surface area contributed by atoms with Gasteiger partial charge in [-0.15, -0.1) is 0 Å². The van der Waals surface area contributed by atoms with Gasteiger partial charge in [0.05, 0.1) is 16.7 Å². The predicted octanol–water partition coefficient (Wildman–Crippen LogP) is 2.11. The van der Waals surface area contributed by atoms with Gasteiger partial charge in [-0.2, -0.15) is 5.10 Å². The molecule has 1 fully saturated rings. The van der Waals surface area contributed by atoms with E-state index in [1.54, 1.807) is 0 Å². The van der Waals surface area contributed by atoms with Gasteiger partial charge in [0, 0.05) is 19.3 Å². The fourth-order valence-corrected chi connectivity index (χ4v) is 2.83. The molecule has 4 nitrogen and oxygen atoms in total. The molecule has 0 radical (unpaired) electrons. The van der Waals surface area contributed by atoms with Crippen LogP contribution in [0.4, 0.5) is 0 Å². The molecule has 1 saturated carbocycles. The molecule has 1 aromatic heterocycles. The quantitative estimate of drug-likeness (QED) is 0.829. The van der Waals surface area contributed by atoms with Crippen LogP contribution in [0.15, 0.2) is 12.3 Å². The molecule has 2 N–H and O–H groups in total. The van der Waals surface area contributed by atoms with E-state index in [2.05, 4.69) is 26.9 Å². The molecule has 1 heterocycles. The smallest absolute Gasteiger partial charge is 0.0870 e. The van der Waals surface area contributed by atoms with Crippen molar-refractivity contribution in [3.05, 3.63) is 18.0 Å². The van der Waals surface area contributed by atoms with Gasteiger partial charge in [0.2, 0.25) is 0 Å². The van der Waals surface area contributed by atoms with Gasteiger partial charge in [0.1, 0.15) is 0 Å². The largest absolute Gasteiger partial charge is 0.392 e. The van der Waals surface area contributed by atoms with Gasteiger partial charge >= 0.3 is 0 Å². The lowest BCUT2D eigenvalue weighted by molar-refractivity contribution is 0.321. The van der Waals surface area contributed by atoms with Crippen LogP contribution in [0, 0.1) is 0 Å². The summed E-state index contributed by atoms with van der Waals surface area (Å²) in [5.41, 5.74) is 6.63. The Morgan fingerprint density at radius 2 is 2.22 bits per heavy atom. The molecule has 1 aromatic rings. The molecule has 2 rings (SSSR count). The molecule has 18 heavy (non-hydrogen) atoms. The first-order valence-electron chi connectivity index (χ1n) is 6.66. The first-order chi connectivity index (χ1) is 8.65. The molecule has 0 atom stereocenters. The lowest BCUT2D eigenvalue weighted by Crippen LogP contribution is -2.29. The SMILES string of the molecule is CN(CC(N)=S)Cc1ccn(C2CCCCC2)n1. The fourth-order valence-electron chi connectivity index (χ4n) is 2.61. The van der Waals surface area contributed by atoms with E-state index in [1.165, 1.54) is 32.1 Å². The van der Waals surface area contributed by atoms with Crippen molar-refractivity contribution < 1.29 is 0 Å². The number of rotatable bonds is 5. The summed E-state index contributed by atoms with van der Waals surface area (Å²) in [6, 6.07) is 2.71. The number of aromatic nitrogens is 2. The second kappa shape index (κ2) is 6.29. The van der Waals surface area contributed by atoms with E-state index in [1.807, 2.05) is 7.05 Å². The molecule has 100 valence electrons. The third-order valence-corrected chi connectivity index (χ3v) is 3.60.